The smallest absolute Gasteiger partial charge is 0.326 e. The molecule has 22 heavy (non-hydrogen) atoms. The van der Waals surface area contributed by atoms with E-state index in [9.17, 15) is 19.2 Å². The summed E-state index contributed by atoms with van der Waals surface area (Å²) in [6, 6.07) is -3.34. The summed E-state index contributed by atoms with van der Waals surface area (Å²) in [6.45, 7) is 3.33. The molecule has 0 saturated heterocycles. The fourth-order valence-electron chi connectivity index (χ4n) is 1.54. The molecule has 0 aliphatic heterocycles. The molecule has 0 spiro atoms. The van der Waals surface area contributed by atoms with Crippen LogP contribution in [0, 0.1) is 5.92 Å². The third kappa shape index (κ3) is 6.76. The summed E-state index contributed by atoms with van der Waals surface area (Å²) < 4.78 is 0. The standard InChI is InChI=1S/C12H22N4O5S/c1-5(2)9(16-10(18)6(13)4-22)11(19)15-7(12(20)21)3-8(14)17/h5-7,9,22H,3-4,13H2,1-2H3,(H2,14,17)(H,15,19)(H,16,18)(H,20,21). The van der Waals surface area contributed by atoms with E-state index in [-0.39, 0.29) is 11.7 Å². The largest absolute Gasteiger partial charge is 0.480 e. The number of aliphatic carboxylic acids is 1. The lowest BCUT2D eigenvalue weighted by Crippen LogP contribution is -2.57. The highest BCUT2D eigenvalue weighted by Gasteiger charge is 2.30. The third-order valence-electron chi connectivity index (χ3n) is 2.80. The van der Waals surface area contributed by atoms with Gasteiger partial charge in [0.25, 0.3) is 0 Å². The number of amides is 3. The molecular formula is C12H22N4O5S. The van der Waals surface area contributed by atoms with Crippen molar-refractivity contribution in [1.82, 2.24) is 10.6 Å². The summed E-state index contributed by atoms with van der Waals surface area (Å²) in [6.07, 6.45) is -0.546. The van der Waals surface area contributed by atoms with E-state index in [1.807, 2.05) is 0 Å². The number of thiol groups is 1. The second-order valence-electron chi connectivity index (χ2n) is 5.09. The van der Waals surface area contributed by atoms with E-state index in [2.05, 4.69) is 23.3 Å². The van der Waals surface area contributed by atoms with Crippen LogP contribution in [0.2, 0.25) is 0 Å². The molecule has 3 amide bonds. The minimum Gasteiger partial charge on any atom is -0.480 e. The number of carbonyl (C=O) groups excluding carboxylic acids is 3. The SMILES string of the molecule is CC(C)C(NC(=O)C(N)CS)C(=O)NC(CC(N)=O)C(=O)O. The molecule has 0 aromatic rings. The van der Waals surface area contributed by atoms with Gasteiger partial charge in [-0.3, -0.25) is 14.4 Å². The zero-order chi connectivity index (χ0) is 17.4. The van der Waals surface area contributed by atoms with Gasteiger partial charge in [0.05, 0.1) is 12.5 Å². The van der Waals surface area contributed by atoms with Gasteiger partial charge < -0.3 is 27.2 Å². The van der Waals surface area contributed by atoms with E-state index in [4.69, 9.17) is 16.6 Å². The number of carboxylic acid groups (broad SMARTS) is 1. The Kier molecular flexibility index (Phi) is 8.50. The lowest BCUT2D eigenvalue weighted by molar-refractivity contribution is -0.144. The quantitative estimate of drug-likeness (QED) is 0.263. The van der Waals surface area contributed by atoms with Crippen molar-refractivity contribution in [2.75, 3.05) is 5.75 Å². The van der Waals surface area contributed by atoms with Crippen LogP contribution in [0.3, 0.4) is 0 Å². The van der Waals surface area contributed by atoms with Crippen LogP contribution >= 0.6 is 12.6 Å². The first-order chi connectivity index (χ1) is 10.1. The molecule has 9 nitrogen and oxygen atoms in total. The molecule has 126 valence electrons. The van der Waals surface area contributed by atoms with Crippen LogP contribution in [-0.4, -0.2) is 52.7 Å². The number of rotatable bonds is 9. The number of nitrogens with two attached hydrogens (primary N) is 2. The number of nitrogens with one attached hydrogen (secondary N) is 2. The zero-order valence-corrected chi connectivity index (χ0v) is 13.3. The van der Waals surface area contributed by atoms with Gasteiger partial charge in [0.15, 0.2) is 0 Å². The molecule has 0 heterocycles. The van der Waals surface area contributed by atoms with E-state index in [1.54, 1.807) is 13.8 Å². The Hall–Kier alpha value is -1.81. The predicted octanol–water partition coefficient (Wildman–Crippen LogP) is -2.17. The van der Waals surface area contributed by atoms with Gasteiger partial charge in [0.1, 0.15) is 12.1 Å². The molecule has 0 aromatic heterocycles. The third-order valence-corrected chi connectivity index (χ3v) is 3.19. The second-order valence-corrected chi connectivity index (χ2v) is 5.45. The van der Waals surface area contributed by atoms with E-state index < -0.39 is 48.2 Å². The van der Waals surface area contributed by atoms with Crippen molar-refractivity contribution in [1.29, 1.82) is 0 Å². The van der Waals surface area contributed by atoms with Crippen molar-refractivity contribution in [2.45, 2.75) is 38.4 Å². The Labute approximate surface area is 133 Å². The summed E-state index contributed by atoms with van der Waals surface area (Å²) in [4.78, 5) is 45.7. The molecule has 0 aliphatic carbocycles. The van der Waals surface area contributed by atoms with Crippen LogP contribution in [-0.2, 0) is 19.2 Å². The Morgan fingerprint density at radius 1 is 1.14 bits per heavy atom. The number of primary amides is 1. The molecule has 0 rings (SSSR count). The first kappa shape index (κ1) is 20.2. The van der Waals surface area contributed by atoms with Crippen molar-refractivity contribution in [3.63, 3.8) is 0 Å². The summed E-state index contributed by atoms with van der Waals surface area (Å²) in [5.74, 6) is -3.80. The minimum atomic E-state index is -1.46. The summed E-state index contributed by atoms with van der Waals surface area (Å²) in [5, 5.41) is 13.6. The highest BCUT2D eigenvalue weighted by molar-refractivity contribution is 7.80. The van der Waals surface area contributed by atoms with E-state index >= 15 is 0 Å². The molecule has 0 radical (unpaired) electrons. The Balaban J connectivity index is 4.95. The number of hydrogen-bond donors (Lipinski definition) is 6. The zero-order valence-electron chi connectivity index (χ0n) is 12.4. The fourth-order valence-corrected chi connectivity index (χ4v) is 1.71. The number of carboxylic acids is 1. The molecular weight excluding hydrogens is 312 g/mol. The van der Waals surface area contributed by atoms with Gasteiger partial charge in [-0.1, -0.05) is 13.8 Å². The molecule has 0 saturated carbocycles. The Bertz CT molecular complexity index is 443. The van der Waals surface area contributed by atoms with Crippen molar-refractivity contribution in [3.05, 3.63) is 0 Å². The monoisotopic (exact) mass is 334 g/mol. The molecule has 3 unspecified atom stereocenters. The first-order valence-corrected chi connectivity index (χ1v) is 7.21. The van der Waals surface area contributed by atoms with Gasteiger partial charge in [0.2, 0.25) is 17.7 Å². The summed E-state index contributed by atoms with van der Waals surface area (Å²) >= 11 is 3.89. The average Bonchev–Trinajstić information content (AvgIpc) is 2.41. The van der Waals surface area contributed by atoms with Gasteiger partial charge >= 0.3 is 5.97 Å². The van der Waals surface area contributed by atoms with Crippen LogP contribution in [0.4, 0.5) is 0 Å². The van der Waals surface area contributed by atoms with Crippen LogP contribution in [0.5, 0.6) is 0 Å². The minimum absolute atomic E-state index is 0.0949. The number of carbonyl (C=O) groups is 4. The summed E-state index contributed by atoms with van der Waals surface area (Å²) in [7, 11) is 0. The van der Waals surface area contributed by atoms with Crippen LogP contribution in [0.1, 0.15) is 20.3 Å². The molecule has 7 N–H and O–H groups in total. The molecule has 0 aliphatic rings. The van der Waals surface area contributed by atoms with Gasteiger partial charge in [-0.25, -0.2) is 4.79 Å². The lowest BCUT2D eigenvalue weighted by Gasteiger charge is -2.24. The molecule has 10 heteroatoms. The molecule has 0 fully saturated rings. The Morgan fingerprint density at radius 2 is 1.68 bits per heavy atom. The maximum atomic E-state index is 12.1. The van der Waals surface area contributed by atoms with Crippen LogP contribution in [0.15, 0.2) is 0 Å². The first-order valence-electron chi connectivity index (χ1n) is 6.58. The molecule has 0 bridgehead atoms. The van der Waals surface area contributed by atoms with E-state index in [0.29, 0.717) is 0 Å². The van der Waals surface area contributed by atoms with Gasteiger partial charge in [-0.2, -0.15) is 12.6 Å². The van der Waals surface area contributed by atoms with Crippen molar-refractivity contribution < 1.29 is 24.3 Å². The van der Waals surface area contributed by atoms with Crippen LogP contribution < -0.4 is 22.1 Å². The second kappa shape index (κ2) is 9.26. The van der Waals surface area contributed by atoms with Gasteiger partial charge in [0, 0.05) is 5.75 Å². The van der Waals surface area contributed by atoms with Crippen LogP contribution in [0.25, 0.3) is 0 Å². The topological polar surface area (TPSA) is 165 Å². The van der Waals surface area contributed by atoms with Crippen molar-refractivity contribution in [3.8, 4) is 0 Å². The average molecular weight is 334 g/mol. The van der Waals surface area contributed by atoms with E-state index in [0.717, 1.165) is 0 Å². The lowest BCUT2D eigenvalue weighted by atomic mass is 10.0. The number of hydrogen-bond acceptors (Lipinski definition) is 6. The fraction of sp³-hybridized carbons (Fsp3) is 0.667. The molecule has 0 aromatic carbocycles. The maximum Gasteiger partial charge on any atom is 0.326 e. The highest BCUT2D eigenvalue weighted by atomic mass is 32.1. The van der Waals surface area contributed by atoms with Crippen molar-refractivity contribution in [2.24, 2.45) is 17.4 Å². The maximum absolute atomic E-state index is 12.1. The molecule has 3 atom stereocenters. The predicted molar refractivity (Wildman–Crippen MR) is 82.0 cm³/mol. The van der Waals surface area contributed by atoms with Crippen molar-refractivity contribution >= 4 is 36.3 Å². The normalized spacial score (nSPS) is 14.8. The van der Waals surface area contributed by atoms with E-state index in [1.165, 1.54) is 0 Å². The van der Waals surface area contributed by atoms with Gasteiger partial charge in [-0.15, -0.1) is 0 Å². The Morgan fingerprint density at radius 3 is 2.05 bits per heavy atom. The highest BCUT2D eigenvalue weighted by Crippen LogP contribution is 2.04. The summed E-state index contributed by atoms with van der Waals surface area (Å²) in [5.41, 5.74) is 10.4. The van der Waals surface area contributed by atoms with Gasteiger partial charge in [-0.05, 0) is 5.92 Å².